The summed E-state index contributed by atoms with van der Waals surface area (Å²) in [6, 6.07) is 10.2. The Morgan fingerprint density at radius 3 is 2.28 bits per heavy atom. The monoisotopic (exact) mass is 242 g/mol. The molecule has 2 heterocycles. The molecule has 0 spiro atoms. The van der Waals surface area contributed by atoms with Gasteiger partial charge in [0.05, 0.1) is 11.4 Å². The normalized spacial score (nSPS) is 15.7. The van der Waals surface area contributed by atoms with Crippen molar-refractivity contribution in [3.05, 3.63) is 72.8 Å². The summed E-state index contributed by atoms with van der Waals surface area (Å²) in [5, 5.41) is 20.8. The molecule has 2 atom stereocenters. The first-order valence-electron chi connectivity index (χ1n) is 5.55. The van der Waals surface area contributed by atoms with Gasteiger partial charge in [0.25, 0.3) is 0 Å². The Balaban J connectivity index is 2.42. The maximum atomic E-state index is 10.5. The first-order chi connectivity index (χ1) is 8.68. The Morgan fingerprint density at radius 1 is 1.11 bits per heavy atom. The number of aliphatic hydroxyl groups excluding tert-OH is 1. The molecule has 0 aliphatic carbocycles. The molecule has 0 amide bonds. The van der Waals surface area contributed by atoms with Crippen molar-refractivity contribution >= 4 is 0 Å². The number of pyridine rings is 2. The molecular weight excluding hydrogens is 228 g/mol. The molecule has 2 rings (SSSR count). The third-order valence-electron chi connectivity index (χ3n) is 2.77. The van der Waals surface area contributed by atoms with Crippen LogP contribution in [0.5, 0.6) is 0 Å². The minimum atomic E-state index is -1.66. The number of nitrogens with zero attached hydrogens (tertiary/aromatic N) is 2. The van der Waals surface area contributed by atoms with Crippen LogP contribution in [0, 0.1) is 0 Å². The fraction of sp³-hybridized carbons (Fsp3) is 0.143. The van der Waals surface area contributed by atoms with E-state index in [1.807, 2.05) is 0 Å². The summed E-state index contributed by atoms with van der Waals surface area (Å²) in [5.74, 6) is 0. The van der Waals surface area contributed by atoms with Gasteiger partial charge in [0.1, 0.15) is 6.10 Å². The Kier molecular flexibility index (Phi) is 3.50. The molecule has 0 aliphatic heterocycles. The number of hydrogen-bond donors (Lipinski definition) is 2. The Morgan fingerprint density at radius 2 is 1.78 bits per heavy atom. The number of aromatic nitrogens is 2. The zero-order chi connectivity index (χ0) is 13.0. The fourth-order valence-corrected chi connectivity index (χ4v) is 1.72. The van der Waals surface area contributed by atoms with Gasteiger partial charge in [-0.05, 0) is 24.3 Å². The molecule has 2 aromatic rings. The van der Waals surface area contributed by atoms with Crippen LogP contribution >= 0.6 is 0 Å². The van der Waals surface area contributed by atoms with E-state index in [1.54, 1.807) is 48.8 Å². The lowest BCUT2D eigenvalue weighted by Crippen LogP contribution is -2.32. The molecule has 0 radical (unpaired) electrons. The topological polar surface area (TPSA) is 66.2 Å². The van der Waals surface area contributed by atoms with E-state index in [-0.39, 0.29) is 0 Å². The van der Waals surface area contributed by atoms with Gasteiger partial charge in [-0.15, -0.1) is 0 Å². The van der Waals surface area contributed by atoms with Crippen LogP contribution in [-0.2, 0) is 5.60 Å². The maximum Gasteiger partial charge on any atom is 0.156 e. The fourth-order valence-electron chi connectivity index (χ4n) is 1.72. The predicted molar refractivity (Wildman–Crippen MR) is 67.5 cm³/mol. The second-order valence-electron chi connectivity index (χ2n) is 3.90. The molecule has 92 valence electrons. The smallest absolute Gasteiger partial charge is 0.156 e. The zero-order valence-electron chi connectivity index (χ0n) is 9.77. The van der Waals surface area contributed by atoms with Gasteiger partial charge < -0.3 is 10.2 Å². The van der Waals surface area contributed by atoms with Gasteiger partial charge in [-0.25, -0.2) is 0 Å². The van der Waals surface area contributed by atoms with Crippen LogP contribution in [-0.4, -0.2) is 20.2 Å². The lowest BCUT2D eigenvalue weighted by Gasteiger charge is -2.28. The standard InChI is InChI=1S/C14H14N2O2/c1-2-14(18,12-8-4-6-10-16-12)13(17)11-7-3-5-9-15-11/h2-10,13,17-18H,1H2. The van der Waals surface area contributed by atoms with Crippen molar-refractivity contribution < 1.29 is 10.2 Å². The molecule has 0 bridgehead atoms. The summed E-state index contributed by atoms with van der Waals surface area (Å²) >= 11 is 0. The average molecular weight is 242 g/mol. The zero-order valence-corrected chi connectivity index (χ0v) is 9.77. The quantitative estimate of drug-likeness (QED) is 0.799. The highest BCUT2D eigenvalue weighted by atomic mass is 16.3. The summed E-state index contributed by atoms with van der Waals surface area (Å²) < 4.78 is 0. The van der Waals surface area contributed by atoms with E-state index >= 15 is 0 Å². The lowest BCUT2D eigenvalue weighted by molar-refractivity contribution is -0.0506. The van der Waals surface area contributed by atoms with Crippen molar-refractivity contribution in [2.75, 3.05) is 0 Å². The molecule has 2 aromatic heterocycles. The summed E-state index contributed by atoms with van der Waals surface area (Å²) in [5.41, 5.74) is -0.959. The predicted octanol–water partition coefficient (Wildman–Crippen LogP) is 1.58. The van der Waals surface area contributed by atoms with Gasteiger partial charge in [0, 0.05) is 12.4 Å². The maximum absolute atomic E-state index is 10.5. The van der Waals surface area contributed by atoms with Gasteiger partial charge in [-0.3, -0.25) is 9.97 Å². The molecule has 4 heteroatoms. The number of aliphatic hydroxyl groups is 2. The van der Waals surface area contributed by atoms with Crippen LogP contribution < -0.4 is 0 Å². The molecule has 2 N–H and O–H groups in total. The third-order valence-corrected chi connectivity index (χ3v) is 2.77. The Hall–Kier alpha value is -2.04. The summed E-state index contributed by atoms with van der Waals surface area (Å²) in [4.78, 5) is 8.09. The molecule has 0 fully saturated rings. The van der Waals surface area contributed by atoms with E-state index in [4.69, 9.17) is 0 Å². The average Bonchev–Trinajstić information content (AvgIpc) is 2.47. The van der Waals surface area contributed by atoms with Gasteiger partial charge in [-0.1, -0.05) is 24.8 Å². The summed E-state index contributed by atoms with van der Waals surface area (Å²) in [7, 11) is 0. The molecular formula is C14H14N2O2. The molecule has 2 unspecified atom stereocenters. The van der Waals surface area contributed by atoms with Crippen molar-refractivity contribution in [1.29, 1.82) is 0 Å². The minimum absolute atomic E-state index is 0.332. The first kappa shape index (κ1) is 12.4. The van der Waals surface area contributed by atoms with Crippen LogP contribution in [0.4, 0.5) is 0 Å². The highest BCUT2D eigenvalue weighted by Crippen LogP contribution is 2.33. The van der Waals surface area contributed by atoms with Gasteiger partial charge in [-0.2, -0.15) is 0 Å². The van der Waals surface area contributed by atoms with Crippen LogP contribution in [0.15, 0.2) is 61.4 Å². The largest absolute Gasteiger partial charge is 0.383 e. The van der Waals surface area contributed by atoms with Gasteiger partial charge in [0.2, 0.25) is 0 Å². The van der Waals surface area contributed by atoms with Gasteiger partial charge in [0.15, 0.2) is 5.60 Å². The van der Waals surface area contributed by atoms with Crippen molar-refractivity contribution in [2.24, 2.45) is 0 Å². The highest BCUT2D eigenvalue weighted by molar-refractivity contribution is 5.25. The van der Waals surface area contributed by atoms with E-state index < -0.39 is 11.7 Å². The van der Waals surface area contributed by atoms with E-state index in [1.165, 1.54) is 6.08 Å². The summed E-state index contributed by atoms with van der Waals surface area (Å²) in [6.07, 6.45) is 3.16. The van der Waals surface area contributed by atoms with Crippen molar-refractivity contribution in [1.82, 2.24) is 9.97 Å². The van der Waals surface area contributed by atoms with E-state index in [9.17, 15) is 10.2 Å². The Labute approximate surface area is 105 Å². The second kappa shape index (κ2) is 5.08. The molecule has 0 aromatic carbocycles. The first-order valence-corrected chi connectivity index (χ1v) is 5.55. The Bertz CT molecular complexity index is 516. The van der Waals surface area contributed by atoms with Gasteiger partial charge >= 0.3 is 0 Å². The van der Waals surface area contributed by atoms with Crippen LogP contribution in [0.2, 0.25) is 0 Å². The van der Waals surface area contributed by atoms with Crippen LogP contribution in [0.25, 0.3) is 0 Å². The molecule has 0 aliphatic rings. The SMILES string of the molecule is C=CC(O)(c1ccccn1)C(O)c1ccccn1. The molecule has 0 saturated carbocycles. The van der Waals surface area contributed by atoms with Crippen molar-refractivity contribution in [2.45, 2.75) is 11.7 Å². The highest BCUT2D eigenvalue weighted by Gasteiger charge is 2.37. The molecule has 4 nitrogen and oxygen atoms in total. The van der Waals surface area contributed by atoms with Crippen molar-refractivity contribution in [3.8, 4) is 0 Å². The van der Waals surface area contributed by atoms with E-state index in [0.29, 0.717) is 11.4 Å². The summed E-state index contributed by atoms with van der Waals surface area (Å²) in [6.45, 7) is 3.58. The minimum Gasteiger partial charge on any atom is -0.383 e. The van der Waals surface area contributed by atoms with Crippen molar-refractivity contribution in [3.63, 3.8) is 0 Å². The molecule has 18 heavy (non-hydrogen) atoms. The number of hydrogen-bond acceptors (Lipinski definition) is 4. The number of rotatable bonds is 4. The van der Waals surface area contributed by atoms with E-state index in [0.717, 1.165) is 0 Å². The van der Waals surface area contributed by atoms with Crippen LogP contribution in [0.3, 0.4) is 0 Å². The van der Waals surface area contributed by atoms with E-state index in [2.05, 4.69) is 16.5 Å². The molecule has 0 saturated heterocycles. The second-order valence-corrected chi connectivity index (χ2v) is 3.90. The van der Waals surface area contributed by atoms with Crippen LogP contribution in [0.1, 0.15) is 17.5 Å². The lowest BCUT2D eigenvalue weighted by atomic mass is 9.90. The third kappa shape index (κ3) is 2.16.